The molecule has 2 heterocycles. The van der Waals surface area contributed by atoms with Crippen LogP contribution in [0.25, 0.3) is 0 Å². The van der Waals surface area contributed by atoms with E-state index in [2.05, 4.69) is 5.32 Å². The second-order valence-electron chi connectivity index (χ2n) is 6.04. The van der Waals surface area contributed by atoms with Crippen LogP contribution in [0.5, 0.6) is 0 Å². The molecule has 3 rings (SSSR count). The average molecular weight is 264 g/mol. The van der Waals surface area contributed by atoms with Crippen LogP contribution in [0.2, 0.25) is 0 Å². The lowest BCUT2D eigenvalue weighted by atomic mass is 9.48. The largest absolute Gasteiger partial charge is 0.467 e. The van der Waals surface area contributed by atoms with Gasteiger partial charge in [-0.1, -0.05) is 13.8 Å². The van der Waals surface area contributed by atoms with Gasteiger partial charge >= 0.3 is 0 Å². The highest BCUT2D eigenvalue weighted by molar-refractivity contribution is 5.89. The zero-order valence-corrected chi connectivity index (χ0v) is 11.3. The third-order valence-electron chi connectivity index (χ3n) is 4.83. The van der Waals surface area contributed by atoms with Crippen LogP contribution in [-0.2, 0) is 16.1 Å². The highest BCUT2D eigenvalue weighted by Gasteiger charge is 2.71. The summed E-state index contributed by atoms with van der Waals surface area (Å²) in [5.41, 5.74) is 5.25. The van der Waals surface area contributed by atoms with Crippen molar-refractivity contribution in [2.24, 2.45) is 17.1 Å². The van der Waals surface area contributed by atoms with E-state index in [9.17, 15) is 4.79 Å². The van der Waals surface area contributed by atoms with Gasteiger partial charge in [-0.15, -0.1) is 0 Å². The molecule has 1 amide bonds. The molecule has 0 aromatic carbocycles. The third kappa shape index (κ3) is 1.58. The molecule has 0 bridgehead atoms. The fourth-order valence-electron chi connectivity index (χ4n) is 3.57. The van der Waals surface area contributed by atoms with Gasteiger partial charge in [0.1, 0.15) is 11.3 Å². The SMILES string of the molecule is CC1(C)C2OCCC2C1(N)C(=O)NCc1ccco1. The Balaban J connectivity index is 1.72. The van der Waals surface area contributed by atoms with Crippen molar-refractivity contribution >= 4 is 5.91 Å². The van der Waals surface area contributed by atoms with Gasteiger partial charge in [-0.05, 0) is 18.6 Å². The van der Waals surface area contributed by atoms with Gasteiger partial charge in [0, 0.05) is 17.9 Å². The number of hydrogen-bond donors (Lipinski definition) is 2. The van der Waals surface area contributed by atoms with E-state index in [1.807, 2.05) is 19.9 Å². The Labute approximate surface area is 112 Å². The molecule has 3 unspecified atom stereocenters. The first-order valence-electron chi connectivity index (χ1n) is 6.69. The quantitative estimate of drug-likeness (QED) is 0.855. The summed E-state index contributed by atoms with van der Waals surface area (Å²) in [7, 11) is 0. The van der Waals surface area contributed by atoms with Crippen molar-refractivity contribution in [3.05, 3.63) is 24.2 Å². The Morgan fingerprint density at radius 3 is 3.05 bits per heavy atom. The number of ether oxygens (including phenoxy) is 1. The lowest BCUT2D eigenvalue weighted by Gasteiger charge is -2.60. The topological polar surface area (TPSA) is 77.5 Å². The molecule has 3 N–H and O–H groups in total. The summed E-state index contributed by atoms with van der Waals surface area (Å²) in [5.74, 6) is 0.744. The van der Waals surface area contributed by atoms with Crippen molar-refractivity contribution in [2.75, 3.05) is 6.61 Å². The van der Waals surface area contributed by atoms with Gasteiger partial charge in [0.25, 0.3) is 0 Å². The smallest absolute Gasteiger partial charge is 0.241 e. The third-order valence-corrected chi connectivity index (χ3v) is 4.83. The first-order chi connectivity index (χ1) is 8.98. The van der Waals surface area contributed by atoms with Crippen LogP contribution in [0.4, 0.5) is 0 Å². The Hall–Kier alpha value is -1.33. The zero-order valence-electron chi connectivity index (χ0n) is 11.3. The van der Waals surface area contributed by atoms with Gasteiger partial charge in [-0.3, -0.25) is 4.79 Å². The molecular formula is C14H20N2O3. The number of fused-ring (bicyclic) bond motifs is 1. The molecule has 19 heavy (non-hydrogen) atoms. The molecule has 2 aliphatic rings. The zero-order chi connectivity index (χ0) is 13.7. The van der Waals surface area contributed by atoms with E-state index >= 15 is 0 Å². The average Bonchev–Trinajstić information content (AvgIpc) is 3.04. The summed E-state index contributed by atoms with van der Waals surface area (Å²) in [6.07, 6.45) is 2.55. The van der Waals surface area contributed by atoms with Gasteiger partial charge in [0.05, 0.1) is 18.9 Å². The van der Waals surface area contributed by atoms with Crippen molar-refractivity contribution in [2.45, 2.75) is 38.5 Å². The molecule has 1 aliphatic heterocycles. The predicted octanol–water partition coefficient (Wildman–Crippen LogP) is 1.04. The monoisotopic (exact) mass is 264 g/mol. The lowest BCUT2D eigenvalue weighted by molar-refractivity contribution is -0.175. The standard InChI is InChI=1S/C14H20N2O3/c1-13(2)11-10(5-7-19-11)14(13,15)12(17)16-8-9-4-3-6-18-9/h3-4,6,10-11H,5,7-8,15H2,1-2H3,(H,16,17). The van der Waals surface area contributed by atoms with E-state index in [0.717, 1.165) is 12.2 Å². The second kappa shape index (κ2) is 4.08. The Bertz CT molecular complexity index is 483. The number of amides is 1. The van der Waals surface area contributed by atoms with Gasteiger partial charge in [0.2, 0.25) is 5.91 Å². The summed E-state index contributed by atoms with van der Waals surface area (Å²) in [6, 6.07) is 3.63. The van der Waals surface area contributed by atoms with Crippen LogP contribution in [0.1, 0.15) is 26.0 Å². The minimum Gasteiger partial charge on any atom is -0.467 e. The van der Waals surface area contributed by atoms with E-state index < -0.39 is 5.54 Å². The van der Waals surface area contributed by atoms with Crippen molar-refractivity contribution in [1.82, 2.24) is 5.32 Å². The predicted molar refractivity (Wildman–Crippen MR) is 69.1 cm³/mol. The maximum Gasteiger partial charge on any atom is 0.241 e. The van der Waals surface area contributed by atoms with Crippen LogP contribution < -0.4 is 11.1 Å². The molecule has 5 heteroatoms. The first-order valence-corrected chi connectivity index (χ1v) is 6.69. The summed E-state index contributed by atoms with van der Waals surface area (Å²) in [6.45, 7) is 5.08. The Morgan fingerprint density at radius 1 is 1.58 bits per heavy atom. The van der Waals surface area contributed by atoms with Gasteiger partial charge in [-0.25, -0.2) is 0 Å². The fraction of sp³-hybridized carbons (Fsp3) is 0.643. The van der Waals surface area contributed by atoms with Gasteiger partial charge in [-0.2, -0.15) is 0 Å². The molecule has 0 radical (unpaired) electrons. The number of rotatable bonds is 3. The second-order valence-corrected chi connectivity index (χ2v) is 6.04. The molecular weight excluding hydrogens is 244 g/mol. The fourth-order valence-corrected chi connectivity index (χ4v) is 3.57. The van der Waals surface area contributed by atoms with E-state index in [0.29, 0.717) is 13.2 Å². The summed E-state index contributed by atoms with van der Waals surface area (Å²) >= 11 is 0. The molecule has 1 saturated carbocycles. The van der Waals surface area contributed by atoms with Crippen LogP contribution >= 0.6 is 0 Å². The van der Waals surface area contributed by atoms with Crippen molar-refractivity contribution in [1.29, 1.82) is 0 Å². The summed E-state index contributed by atoms with van der Waals surface area (Å²) in [5, 5.41) is 2.88. The Morgan fingerprint density at radius 2 is 2.37 bits per heavy atom. The van der Waals surface area contributed by atoms with Gasteiger partial charge < -0.3 is 20.2 Å². The normalized spacial score (nSPS) is 35.5. The molecule has 2 fully saturated rings. The van der Waals surface area contributed by atoms with E-state index in [1.54, 1.807) is 12.3 Å². The molecule has 1 aromatic rings. The lowest BCUT2D eigenvalue weighted by Crippen LogP contribution is -2.80. The van der Waals surface area contributed by atoms with Crippen LogP contribution in [-0.4, -0.2) is 24.2 Å². The highest BCUT2D eigenvalue weighted by atomic mass is 16.5. The maximum absolute atomic E-state index is 12.5. The number of carbonyl (C=O) groups is 1. The molecule has 1 aliphatic carbocycles. The van der Waals surface area contributed by atoms with Crippen LogP contribution in [0.15, 0.2) is 22.8 Å². The van der Waals surface area contributed by atoms with Crippen molar-refractivity contribution < 1.29 is 13.9 Å². The van der Waals surface area contributed by atoms with Gasteiger partial charge in [0.15, 0.2) is 0 Å². The highest BCUT2D eigenvalue weighted by Crippen LogP contribution is 2.58. The molecule has 0 spiro atoms. The van der Waals surface area contributed by atoms with Crippen molar-refractivity contribution in [3.63, 3.8) is 0 Å². The molecule has 3 atom stereocenters. The minimum atomic E-state index is -0.846. The summed E-state index contributed by atoms with van der Waals surface area (Å²) in [4.78, 5) is 12.5. The van der Waals surface area contributed by atoms with E-state index in [1.165, 1.54) is 0 Å². The molecule has 104 valence electrons. The Kier molecular flexibility index (Phi) is 2.73. The van der Waals surface area contributed by atoms with E-state index in [4.69, 9.17) is 14.9 Å². The number of carbonyl (C=O) groups excluding carboxylic acids is 1. The van der Waals surface area contributed by atoms with Crippen LogP contribution in [0, 0.1) is 11.3 Å². The molecule has 5 nitrogen and oxygen atoms in total. The number of hydrogen-bond acceptors (Lipinski definition) is 4. The van der Waals surface area contributed by atoms with E-state index in [-0.39, 0.29) is 23.3 Å². The maximum atomic E-state index is 12.5. The minimum absolute atomic E-state index is 0.104. The first kappa shape index (κ1) is 12.7. The number of furan rings is 1. The van der Waals surface area contributed by atoms with Crippen LogP contribution in [0.3, 0.4) is 0 Å². The molecule has 1 aromatic heterocycles. The number of nitrogens with one attached hydrogen (secondary N) is 1. The number of nitrogens with two attached hydrogens (primary N) is 1. The summed E-state index contributed by atoms with van der Waals surface area (Å²) < 4.78 is 10.9. The molecule has 1 saturated heterocycles. The van der Waals surface area contributed by atoms with Crippen molar-refractivity contribution in [3.8, 4) is 0 Å².